The molecule has 0 N–H and O–H groups in total. The van der Waals surface area contributed by atoms with Gasteiger partial charge in [0.1, 0.15) is 6.54 Å². The van der Waals surface area contributed by atoms with Crippen molar-refractivity contribution in [1.82, 2.24) is 4.90 Å². The van der Waals surface area contributed by atoms with Crippen LogP contribution < -0.4 is 0 Å². The summed E-state index contributed by atoms with van der Waals surface area (Å²) in [4.78, 5) is 37.1. The minimum atomic E-state index is -0.578. The number of imide groups is 1. The summed E-state index contributed by atoms with van der Waals surface area (Å²) in [5, 5.41) is -0.458. The largest absolute Gasteiger partial charge is 0.464 e. The van der Waals surface area contributed by atoms with Crippen LogP contribution in [0.3, 0.4) is 0 Å². The van der Waals surface area contributed by atoms with Crippen LogP contribution in [-0.2, 0) is 14.3 Å². The summed E-state index contributed by atoms with van der Waals surface area (Å²) in [7, 11) is 0. The standard InChI is InChI=1S/C16H16BrNO4S/c1-10(2)9-22-14(19)8-18-15(20)13(23-16(18)21)7-11-3-5-12(17)6-4-11/h3-7,10H,8-9H2,1-2H3/b13-7+. The molecule has 1 fully saturated rings. The van der Waals surface area contributed by atoms with Crippen molar-refractivity contribution in [3.63, 3.8) is 0 Å². The molecule has 1 saturated heterocycles. The lowest BCUT2D eigenvalue weighted by molar-refractivity contribution is -0.147. The average Bonchev–Trinajstić information content (AvgIpc) is 2.75. The Morgan fingerprint density at radius 2 is 1.96 bits per heavy atom. The maximum Gasteiger partial charge on any atom is 0.326 e. The molecule has 0 saturated carbocycles. The summed E-state index contributed by atoms with van der Waals surface area (Å²) < 4.78 is 5.94. The maximum absolute atomic E-state index is 12.3. The summed E-state index contributed by atoms with van der Waals surface area (Å²) in [6, 6.07) is 7.35. The van der Waals surface area contributed by atoms with E-state index in [1.165, 1.54) is 0 Å². The van der Waals surface area contributed by atoms with Crippen LogP contribution >= 0.6 is 27.7 Å². The fourth-order valence-corrected chi connectivity index (χ4v) is 2.88. The van der Waals surface area contributed by atoms with Crippen molar-refractivity contribution >= 4 is 50.9 Å². The number of nitrogens with zero attached hydrogens (tertiary/aromatic N) is 1. The van der Waals surface area contributed by atoms with Gasteiger partial charge in [-0.1, -0.05) is 41.9 Å². The van der Waals surface area contributed by atoms with Crippen molar-refractivity contribution in [2.45, 2.75) is 13.8 Å². The van der Waals surface area contributed by atoms with E-state index in [9.17, 15) is 14.4 Å². The van der Waals surface area contributed by atoms with Crippen LogP contribution in [0.4, 0.5) is 4.79 Å². The molecule has 1 aromatic rings. The molecule has 1 heterocycles. The van der Waals surface area contributed by atoms with Gasteiger partial charge in [0.2, 0.25) is 0 Å². The molecule has 0 radical (unpaired) electrons. The number of benzene rings is 1. The van der Waals surface area contributed by atoms with E-state index in [2.05, 4.69) is 15.9 Å². The van der Waals surface area contributed by atoms with Gasteiger partial charge >= 0.3 is 5.97 Å². The molecule has 23 heavy (non-hydrogen) atoms. The number of hydrogen-bond donors (Lipinski definition) is 0. The Balaban J connectivity index is 2.04. The summed E-state index contributed by atoms with van der Waals surface area (Å²) in [6.07, 6.45) is 1.64. The first-order valence-corrected chi connectivity index (χ1v) is 8.64. The van der Waals surface area contributed by atoms with Crippen molar-refractivity contribution in [3.05, 3.63) is 39.2 Å². The number of thioether (sulfide) groups is 1. The highest BCUT2D eigenvalue weighted by Crippen LogP contribution is 2.32. The molecule has 7 heteroatoms. The van der Waals surface area contributed by atoms with Gasteiger partial charge in [0, 0.05) is 4.47 Å². The number of hydrogen-bond acceptors (Lipinski definition) is 5. The molecule has 0 unspecified atom stereocenters. The van der Waals surface area contributed by atoms with Crippen molar-refractivity contribution in [1.29, 1.82) is 0 Å². The van der Waals surface area contributed by atoms with Crippen molar-refractivity contribution in [2.24, 2.45) is 5.92 Å². The van der Waals surface area contributed by atoms with E-state index in [1.807, 2.05) is 38.1 Å². The normalized spacial score (nSPS) is 16.5. The van der Waals surface area contributed by atoms with E-state index in [-0.39, 0.29) is 19.1 Å². The summed E-state index contributed by atoms with van der Waals surface area (Å²) in [5.41, 5.74) is 0.807. The van der Waals surface area contributed by atoms with Crippen LogP contribution in [0.25, 0.3) is 6.08 Å². The van der Waals surface area contributed by atoms with Crippen LogP contribution in [-0.4, -0.2) is 35.2 Å². The second-order valence-electron chi connectivity index (χ2n) is 5.40. The quantitative estimate of drug-likeness (QED) is 0.559. The highest BCUT2D eigenvalue weighted by Gasteiger charge is 2.36. The Hall–Kier alpha value is -1.60. The second-order valence-corrected chi connectivity index (χ2v) is 7.31. The number of ether oxygens (including phenoxy) is 1. The molecule has 122 valence electrons. The number of carbonyl (C=O) groups is 3. The zero-order chi connectivity index (χ0) is 17.0. The Morgan fingerprint density at radius 3 is 2.57 bits per heavy atom. The highest BCUT2D eigenvalue weighted by atomic mass is 79.9. The smallest absolute Gasteiger partial charge is 0.326 e. The monoisotopic (exact) mass is 397 g/mol. The van der Waals surface area contributed by atoms with Crippen LogP contribution in [0.1, 0.15) is 19.4 Å². The molecule has 0 bridgehead atoms. The van der Waals surface area contributed by atoms with Gasteiger partial charge in [-0.05, 0) is 41.5 Å². The van der Waals surface area contributed by atoms with E-state index >= 15 is 0 Å². The fourth-order valence-electron chi connectivity index (χ4n) is 1.78. The first-order chi connectivity index (χ1) is 10.9. The molecule has 2 amide bonds. The average molecular weight is 398 g/mol. The van der Waals surface area contributed by atoms with E-state index in [4.69, 9.17) is 4.74 Å². The van der Waals surface area contributed by atoms with E-state index < -0.39 is 17.1 Å². The molecule has 0 atom stereocenters. The third-order valence-electron chi connectivity index (χ3n) is 2.91. The zero-order valence-corrected chi connectivity index (χ0v) is 15.1. The molecule has 1 aromatic carbocycles. The predicted octanol–water partition coefficient (Wildman–Crippen LogP) is 3.68. The molecule has 2 rings (SSSR count). The fraction of sp³-hybridized carbons (Fsp3) is 0.312. The minimum Gasteiger partial charge on any atom is -0.464 e. The van der Waals surface area contributed by atoms with Crippen molar-refractivity contribution in [2.75, 3.05) is 13.2 Å². The number of carbonyl (C=O) groups excluding carboxylic acids is 3. The van der Waals surface area contributed by atoms with Crippen molar-refractivity contribution in [3.8, 4) is 0 Å². The topological polar surface area (TPSA) is 63.7 Å². The third kappa shape index (κ3) is 4.94. The molecule has 0 spiro atoms. The predicted molar refractivity (Wildman–Crippen MR) is 92.6 cm³/mol. The molecule has 0 aliphatic carbocycles. The lowest BCUT2D eigenvalue weighted by Gasteiger charge is -2.12. The molecular formula is C16H16BrNO4S. The van der Waals surface area contributed by atoms with Gasteiger partial charge in [0.25, 0.3) is 11.1 Å². The Labute approximate surface area is 147 Å². The summed E-state index contributed by atoms with van der Waals surface area (Å²) in [5.74, 6) is -0.846. The maximum atomic E-state index is 12.3. The molecular weight excluding hydrogens is 382 g/mol. The Bertz CT molecular complexity index is 655. The van der Waals surface area contributed by atoms with Crippen LogP contribution in [0.15, 0.2) is 33.6 Å². The zero-order valence-electron chi connectivity index (χ0n) is 12.7. The van der Waals surface area contributed by atoms with Gasteiger partial charge in [-0.3, -0.25) is 19.3 Å². The number of amides is 2. The van der Waals surface area contributed by atoms with Gasteiger partial charge < -0.3 is 4.74 Å². The first-order valence-electron chi connectivity index (χ1n) is 7.03. The minimum absolute atomic E-state index is 0.200. The van der Waals surface area contributed by atoms with Crippen LogP contribution in [0, 0.1) is 5.92 Å². The number of halogens is 1. The van der Waals surface area contributed by atoms with Gasteiger partial charge in [0.05, 0.1) is 11.5 Å². The van der Waals surface area contributed by atoms with E-state index in [1.54, 1.807) is 6.08 Å². The highest BCUT2D eigenvalue weighted by molar-refractivity contribution is 9.10. The molecule has 0 aromatic heterocycles. The van der Waals surface area contributed by atoms with Crippen LogP contribution in [0.2, 0.25) is 0 Å². The van der Waals surface area contributed by atoms with Gasteiger partial charge in [0.15, 0.2) is 0 Å². The Kier molecular flexibility index (Phi) is 6.01. The van der Waals surface area contributed by atoms with E-state index in [0.717, 1.165) is 26.7 Å². The first kappa shape index (κ1) is 17.7. The SMILES string of the molecule is CC(C)COC(=O)CN1C(=O)S/C(=C/c2ccc(Br)cc2)C1=O. The lowest BCUT2D eigenvalue weighted by Crippen LogP contribution is -2.34. The summed E-state index contributed by atoms with van der Waals surface area (Å²) >= 11 is 4.16. The molecule has 5 nitrogen and oxygen atoms in total. The van der Waals surface area contributed by atoms with E-state index in [0.29, 0.717) is 4.91 Å². The Morgan fingerprint density at radius 1 is 1.30 bits per heavy atom. The number of rotatable bonds is 5. The van der Waals surface area contributed by atoms with Crippen molar-refractivity contribution < 1.29 is 19.1 Å². The van der Waals surface area contributed by atoms with Gasteiger partial charge in [-0.25, -0.2) is 0 Å². The number of esters is 1. The summed E-state index contributed by atoms with van der Waals surface area (Å²) in [6.45, 7) is 3.74. The molecule has 1 aliphatic heterocycles. The van der Waals surface area contributed by atoms with Gasteiger partial charge in [-0.2, -0.15) is 0 Å². The third-order valence-corrected chi connectivity index (χ3v) is 4.34. The second kappa shape index (κ2) is 7.79. The lowest BCUT2D eigenvalue weighted by atomic mass is 10.2. The van der Waals surface area contributed by atoms with Crippen LogP contribution in [0.5, 0.6) is 0 Å². The molecule has 1 aliphatic rings. The van der Waals surface area contributed by atoms with Gasteiger partial charge in [-0.15, -0.1) is 0 Å².